The lowest BCUT2D eigenvalue weighted by molar-refractivity contribution is -0.0504. The molecule has 2 aromatic carbocycles. The molecule has 0 saturated carbocycles. The number of benzene rings is 2. The molecular formula is C23H25N3O9S2. The molecule has 12 nitrogen and oxygen atoms in total. The molecule has 0 spiro atoms. The summed E-state index contributed by atoms with van der Waals surface area (Å²) in [4.78, 5) is 15.6. The van der Waals surface area contributed by atoms with Crippen molar-refractivity contribution in [2.24, 2.45) is 0 Å². The largest absolute Gasteiger partial charge is 0.385 e. The number of aliphatic hydroxyl groups is 1. The molecule has 1 fully saturated rings. The maximum absolute atomic E-state index is 13.0. The standard InChI is InChI=1S/C23H25N3O9S2/c1-14-3-7-16(8-4-14)36(29,30)33-13-18-21(35-37(31,32)17-9-5-15(2)6-10-17)20(27)22(34-18)26-12-11-19(24)25-23(26)28/h3-12,18,20-22,27H,13H2,1-2H3,(H2,24,25,28)/t18-,20?,21?,22-/m1/s1. The number of aromatic nitrogens is 2. The number of nitrogens with two attached hydrogens (primary N) is 1. The van der Waals surface area contributed by atoms with E-state index >= 15 is 0 Å². The minimum Gasteiger partial charge on any atom is -0.385 e. The number of anilines is 1. The summed E-state index contributed by atoms with van der Waals surface area (Å²) in [7, 11) is -8.69. The molecular weight excluding hydrogens is 526 g/mol. The van der Waals surface area contributed by atoms with Crippen LogP contribution in [-0.2, 0) is 33.3 Å². The number of ether oxygens (including phenoxy) is 1. The molecule has 4 atom stereocenters. The maximum atomic E-state index is 13.0. The lowest BCUT2D eigenvalue weighted by atomic mass is 10.1. The van der Waals surface area contributed by atoms with Gasteiger partial charge < -0.3 is 15.6 Å². The first-order valence-corrected chi connectivity index (χ1v) is 13.8. The smallest absolute Gasteiger partial charge is 0.351 e. The first-order valence-electron chi connectivity index (χ1n) is 11.0. The predicted octanol–water partition coefficient (Wildman–Crippen LogP) is 0.880. The van der Waals surface area contributed by atoms with E-state index in [0.29, 0.717) is 0 Å². The molecule has 3 N–H and O–H groups in total. The van der Waals surface area contributed by atoms with Gasteiger partial charge in [-0.3, -0.25) is 12.9 Å². The topological polar surface area (TPSA) is 177 Å². The van der Waals surface area contributed by atoms with Crippen LogP contribution >= 0.6 is 0 Å². The van der Waals surface area contributed by atoms with E-state index in [1.807, 2.05) is 0 Å². The van der Waals surface area contributed by atoms with Gasteiger partial charge >= 0.3 is 5.69 Å². The summed E-state index contributed by atoms with van der Waals surface area (Å²) in [5.74, 6) is -0.0763. The van der Waals surface area contributed by atoms with E-state index in [0.717, 1.165) is 15.7 Å². The fourth-order valence-electron chi connectivity index (χ4n) is 3.66. The van der Waals surface area contributed by atoms with Crippen LogP contribution in [0.3, 0.4) is 0 Å². The number of hydrogen-bond donors (Lipinski definition) is 2. The highest BCUT2D eigenvalue weighted by Gasteiger charge is 2.49. The molecule has 4 rings (SSSR count). The Morgan fingerprint density at radius 2 is 1.49 bits per heavy atom. The van der Waals surface area contributed by atoms with Gasteiger partial charge in [-0.25, -0.2) is 4.79 Å². The first-order chi connectivity index (χ1) is 17.4. The van der Waals surface area contributed by atoms with Gasteiger partial charge in [0.05, 0.1) is 16.4 Å². The van der Waals surface area contributed by atoms with Gasteiger partial charge in [-0.2, -0.15) is 21.8 Å². The van der Waals surface area contributed by atoms with Gasteiger partial charge in [0.2, 0.25) is 0 Å². The summed E-state index contributed by atoms with van der Waals surface area (Å²) in [5, 5.41) is 11.0. The third kappa shape index (κ3) is 5.89. The highest BCUT2D eigenvalue weighted by molar-refractivity contribution is 7.87. The summed E-state index contributed by atoms with van der Waals surface area (Å²) < 4.78 is 68.3. The number of hydrogen-bond acceptors (Lipinski definition) is 11. The van der Waals surface area contributed by atoms with Crippen molar-refractivity contribution in [2.45, 2.75) is 48.2 Å². The molecule has 37 heavy (non-hydrogen) atoms. The van der Waals surface area contributed by atoms with E-state index in [-0.39, 0.29) is 15.6 Å². The molecule has 2 heterocycles. The van der Waals surface area contributed by atoms with Crippen molar-refractivity contribution in [1.29, 1.82) is 0 Å². The molecule has 0 radical (unpaired) electrons. The fourth-order valence-corrected chi connectivity index (χ4v) is 5.69. The third-order valence-corrected chi connectivity index (χ3v) is 8.30. The number of nitrogens with zero attached hydrogens (tertiary/aromatic N) is 2. The molecule has 1 aliphatic rings. The summed E-state index contributed by atoms with van der Waals surface area (Å²) in [6, 6.07) is 12.9. The van der Waals surface area contributed by atoms with Gasteiger partial charge in [0.25, 0.3) is 20.2 Å². The minimum atomic E-state index is -4.43. The van der Waals surface area contributed by atoms with Crippen LogP contribution in [-0.4, -0.2) is 56.4 Å². The second kappa shape index (κ2) is 10.3. The predicted molar refractivity (Wildman–Crippen MR) is 130 cm³/mol. The lowest BCUT2D eigenvalue weighted by Crippen LogP contribution is -2.39. The average Bonchev–Trinajstić information content (AvgIpc) is 3.13. The summed E-state index contributed by atoms with van der Waals surface area (Å²) >= 11 is 0. The Morgan fingerprint density at radius 3 is 2.03 bits per heavy atom. The van der Waals surface area contributed by atoms with Crippen molar-refractivity contribution < 1.29 is 35.0 Å². The summed E-state index contributed by atoms with van der Waals surface area (Å²) in [5.41, 5.74) is 6.28. The molecule has 14 heteroatoms. The molecule has 3 aromatic rings. The zero-order valence-corrected chi connectivity index (χ0v) is 21.4. The van der Waals surface area contributed by atoms with Crippen LogP contribution in [0.25, 0.3) is 0 Å². The van der Waals surface area contributed by atoms with E-state index in [2.05, 4.69) is 4.98 Å². The molecule has 1 aliphatic heterocycles. The Hall–Kier alpha value is -3.14. The normalized spacial score (nSPS) is 22.2. The minimum absolute atomic E-state index is 0.0763. The Morgan fingerprint density at radius 1 is 0.946 bits per heavy atom. The van der Waals surface area contributed by atoms with Crippen LogP contribution in [0.1, 0.15) is 17.4 Å². The summed E-state index contributed by atoms with van der Waals surface area (Å²) in [6.45, 7) is 2.85. The van der Waals surface area contributed by atoms with Crippen molar-refractivity contribution in [1.82, 2.24) is 9.55 Å². The lowest BCUT2D eigenvalue weighted by Gasteiger charge is -2.20. The molecule has 0 aliphatic carbocycles. The maximum Gasteiger partial charge on any atom is 0.351 e. The molecule has 2 unspecified atom stereocenters. The van der Waals surface area contributed by atoms with Crippen LogP contribution < -0.4 is 11.4 Å². The third-order valence-electron chi connectivity index (χ3n) is 5.68. The second-order valence-corrected chi connectivity index (χ2v) is 11.7. The van der Waals surface area contributed by atoms with Gasteiger partial charge in [0, 0.05) is 6.20 Å². The van der Waals surface area contributed by atoms with Crippen molar-refractivity contribution >= 4 is 26.1 Å². The fraction of sp³-hybridized carbons (Fsp3) is 0.304. The Bertz CT molecular complexity index is 1540. The van der Waals surface area contributed by atoms with E-state index in [1.54, 1.807) is 38.1 Å². The van der Waals surface area contributed by atoms with Crippen LogP contribution in [0.15, 0.2) is 75.4 Å². The van der Waals surface area contributed by atoms with Crippen molar-refractivity contribution in [3.05, 3.63) is 82.4 Å². The van der Waals surface area contributed by atoms with E-state index in [9.17, 15) is 26.7 Å². The zero-order chi connectivity index (χ0) is 27.0. The van der Waals surface area contributed by atoms with Gasteiger partial charge in [-0.15, -0.1) is 0 Å². The van der Waals surface area contributed by atoms with Gasteiger partial charge in [0.1, 0.15) is 24.1 Å². The van der Waals surface area contributed by atoms with Crippen LogP contribution in [0.4, 0.5) is 5.82 Å². The van der Waals surface area contributed by atoms with E-state index < -0.39 is 57.1 Å². The molecule has 1 aromatic heterocycles. The number of rotatable bonds is 8. The van der Waals surface area contributed by atoms with E-state index in [1.165, 1.54) is 36.5 Å². The zero-order valence-electron chi connectivity index (χ0n) is 19.8. The quantitative estimate of drug-likeness (QED) is 0.380. The molecule has 0 bridgehead atoms. The summed E-state index contributed by atoms with van der Waals surface area (Å²) in [6.07, 6.45) is -5.02. The van der Waals surface area contributed by atoms with Crippen molar-refractivity contribution in [3.63, 3.8) is 0 Å². The highest BCUT2D eigenvalue weighted by Crippen LogP contribution is 2.33. The van der Waals surface area contributed by atoms with Gasteiger partial charge in [-0.05, 0) is 44.2 Å². The highest BCUT2D eigenvalue weighted by atomic mass is 32.2. The second-order valence-electron chi connectivity index (χ2n) is 8.48. The Kier molecular flexibility index (Phi) is 7.50. The first kappa shape index (κ1) is 26.9. The van der Waals surface area contributed by atoms with Gasteiger partial charge in [0.15, 0.2) is 6.23 Å². The van der Waals surface area contributed by atoms with Crippen molar-refractivity contribution in [3.8, 4) is 0 Å². The molecule has 1 saturated heterocycles. The molecule has 0 amide bonds. The Labute approximate surface area is 213 Å². The SMILES string of the molecule is Cc1ccc(S(=O)(=O)OC[C@H]2O[C@@H](n3ccc(N)nc3=O)C(O)C2OS(=O)(=O)c2ccc(C)cc2)cc1. The molecule has 198 valence electrons. The van der Waals surface area contributed by atoms with Gasteiger partial charge in [-0.1, -0.05) is 35.4 Å². The van der Waals surface area contributed by atoms with Crippen LogP contribution in [0, 0.1) is 13.8 Å². The number of aryl methyl sites for hydroxylation is 2. The Balaban J connectivity index is 1.63. The number of nitrogen functional groups attached to an aromatic ring is 1. The van der Waals surface area contributed by atoms with Crippen LogP contribution in [0.5, 0.6) is 0 Å². The monoisotopic (exact) mass is 551 g/mol. The average molecular weight is 552 g/mol. The van der Waals surface area contributed by atoms with Crippen LogP contribution in [0.2, 0.25) is 0 Å². The van der Waals surface area contributed by atoms with Crippen molar-refractivity contribution in [2.75, 3.05) is 12.3 Å². The number of aliphatic hydroxyl groups excluding tert-OH is 1. The van der Waals surface area contributed by atoms with E-state index in [4.69, 9.17) is 18.8 Å².